The number of unbranched alkanes of at least 4 members (excludes halogenated alkanes) is 1. The molecule has 128 valence electrons. The molecule has 1 aromatic rings. The number of rotatable bonds is 7. The molecule has 0 fully saturated rings. The Bertz CT molecular complexity index is 497. The van der Waals surface area contributed by atoms with E-state index < -0.39 is 10.1 Å². The van der Waals surface area contributed by atoms with E-state index in [4.69, 9.17) is 4.55 Å². The Balaban J connectivity index is 0.000000401. The molecule has 1 rings (SSSR count). The van der Waals surface area contributed by atoms with Crippen LogP contribution in [0.1, 0.15) is 46.1 Å². The summed E-state index contributed by atoms with van der Waals surface area (Å²) in [5, 5.41) is 0. The second kappa shape index (κ2) is 9.98. The molecule has 0 atom stereocenters. The third-order valence-electron chi connectivity index (χ3n) is 4.32. The monoisotopic (exact) mass is 330 g/mol. The van der Waals surface area contributed by atoms with Crippen molar-refractivity contribution in [2.24, 2.45) is 0 Å². The highest BCUT2D eigenvalue weighted by Crippen LogP contribution is 2.09. The Labute approximate surface area is 136 Å². The minimum Gasteiger partial charge on any atom is -0.324 e. The van der Waals surface area contributed by atoms with E-state index in [-0.39, 0.29) is 4.90 Å². The average molecular weight is 331 g/mol. The van der Waals surface area contributed by atoms with Gasteiger partial charge in [-0.1, -0.05) is 31.0 Å². The molecule has 0 aliphatic heterocycles. The Morgan fingerprint density at radius 1 is 0.955 bits per heavy atom. The molecule has 1 N–H and O–H groups in total. The molecule has 0 saturated heterocycles. The van der Waals surface area contributed by atoms with Crippen LogP contribution in [0.5, 0.6) is 0 Å². The first-order valence-electron chi connectivity index (χ1n) is 8.13. The second-order valence-corrected chi connectivity index (χ2v) is 7.08. The molecule has 0 amide bonds. The van der Waals surface area contributed by atoms with E-state index in [0.717, 1.165) is 5.56 Å². The standard InChI is InChI=1S/C10H24N.C7H8O3S/c1-5-9-10-11(6-2,7-3)8-4;1-6-2-4-7(5-3-6)11(8,9)10/h5-10H2,1-4H3;2-5H,1H3,(H,8,9,10)/q+1;. The van der Waals surface area contributed by atoms with Gasteiger partial charge < -0.3 is 4.48 Å². The molecule has 0 aromatic heterocycles. The van der Waals surface area contributed by atoms with Gasteiger partial charge >= 0.3 is 0 Å². The summed E-state index contributed by atoms with van der Waals surface area (Å²) in [7, 11) is -4.02. The Kier molecular flexibility index (Phi) is 9.56. The lowest BCUT2D eigenvalue weighted by atomic mass is 10.2. The summed E-state index contributed by atoms with van der Waals surface area (Å²) in [5.41, 5.74) is 0.956. The molecule has 5 heteroatoms. The Morgan fingerprint density at radius 3 is 1.73 bits per heavy atom. The first kappa shape index (κ1) is 21.1. The molecule has 0 unspecified atom stereocenters. The molecule has 0 spiro atoms. The number of hydrogen-bond acceptors (Lipinski definition) is 2. The molecule has 0 aliphatic carbocycles. The normalized spacial score (nSPS) is 11.7. The van der Waals surface area contributed by atoms with Gasteiger partial charge in [0.2, 0.25) is 0 Å². The minimum absolute atomic E-state index is 0.0666. The van der Waals surface area contributed by atoms with E-state index in [1.54, 1.807) is 12.1 Å². The maximum absolute atomic E-state index is 10.5. The van der Waals surface area contributed by atoms with Crippen molar-refractivity contribution in [3.05, 3.63) is 29.8 Å². The zero-order chi connectivity index (χ0) is 17.2. The summed E-state index contributed by atoms with van der Waals surface area (Å²) in [4.78, 5) is -0.0666. The van der Waals surface area contributed by atoms with Crippen molar-refractivity contribution in [3.63, 3.8) is 0 Å². The quantitative estimate of drug-likeness (QED) is 0.609. The summed E-state index contributed by atoms with van der Waals surface area (Å²) in [6.07, 6.45) is 2.72. The molecule has 0 aliphatic rings. The van der Waals surface area contributed by atoms with Crippen LogP contribution in [0, 0.1) is 6.92 Å². The molecule has 22 heavy (non-hydrogen) atoms. The van der Waals surface area contributed by atoms with Crippen molar-refractivity contribution in [2.45, 2.75) is 52.4 Å². The molecule has 4 nitrogen and oxygen atoms in total. The highest BCUT2D eigenvalue weighted by Gasteiger charge is 2.18. The van der Waals surface area contributed by atoms with Gasteiger partial charge in [0.05, 0.1) is 31.1 Å². The van der Waals surface area contributed by atoms with E-state index in [1.807, 2.05) is 6.92 Å². The maximum atomic E-state index is 10.5. The molecule has 0 saturated carbocycles. The molecule has 0 radical (unpaired) electrons. The lowest BCUT2D eigenvalue weighted by Gasteiger charge is -2.35. The van der Waals surface area contributed by atoms with Gasteiger partial charge in [-0.25, -0.2) is 0 Å². The number of quaternary nitrogens is 1. The summed E-state index contributed by atoms with van der Waals surface area (Å²) >= 11 is 0. The van der Waals surface area contributed by atoms with Crippen LogP contribution in [-0.4, -0.2) is 43.6 Å². The van der Waals surface area contributed by atoms with E-state index in [0.29, 0.717) is 0 Å². The number of benzene rings is 1. The number of aryl methyl sites for hydroxylation is 1. The van der Waals surface area contributed by atoms with Crippen molar-refractivity contribution in [1.82, 2.24) is 0 Å². The van der Waals surface area contributed by atoms with Crippen molar-refractivity contribution in [2.75, 3.05) is 26.2 Å². The van der Waals surface area contributed by atoms with Gasteiger partial charge in [0, 0.05) is 0 Å². The maximum Gasteiger partial charge on any atom is 0.294 e. The molecular weight excluding hydrogens is 298 g/mol. The predicted octanol–water partition coefficient (Wildman–Crippen LogP) is 3.90. The van der Waals surface area contributed by atoms with Crippen LogP contribution in [0.4, 0.5) is 0 Å². The van der Waals surface area contributed by atoms with Crippen LogP contribution in [0.15, 0.2) is 29.2 Å². The highest BCUT2D eigenvalue weighted by molar-refractivity contribution is 7.85. The third-order valence-corrected chi connectivity index (χ3v) is 5.19. The van der Waals surface area contributed by atoms with E-state index in [2.05, 4.69) is 27.7 Å². The van der Waals surface area contributed by atoms with Gasteiger partial charge in [0.15, 0.2) is 0 Å². The summed E-state index contributed by atoms with van der Waals surface area (Å²) < 4.78 is 30.9. The van der Waals surface area contributed by atoms with Crippen LogP contribution in [0.3, 0.4) is 0 Å². The molecule has 1 aromatic carbocycles. The first-order chi connectivity index (χ1) is 10.2. The summed E-state index contributed by atoms with van der Waals surface area (Å²) in [6.45, 7) is 16.3. The van der Waals surface area contributed by atoms with Crippen molar-refractivity contribution >= 4 is 10.1 Å². The number of hydrogen-bond donors (Lipinski definition) is 1. The lowest BCUT2D eigenvalue weighted by molar-refractivity contribution is -0.923. The van der Waals surface area contributed by atoms with Crippen LogP contribution in [0.25, 0.3) is 0 Å². The molecular formula is C17H32NO3S+. The second-order valence-electron chi connectivity index (χ2n) is 5.66. The van der Waals surface area contributed by atoms with Gasteiger partial charge in [-0.05, 0) is 46.2 Å². The molecule has 0 bridgehead atoms. The fourth-order valence-corrected chi connectivity index (χ4v) is 2.83. The van der Waals surface area contributed by atoms with E-state index in [9.17, 15) is 8.42 Å². The largest absolute Gasteiger partial charge is 0.324 e. The topological polar surface area (TPSA) is 54.4 Å². The van der Waals surface area contributed by atoms with Crippen LogP contribution in [-0.2, 0) is 10.1 Å². The van der Waals surface area contributed by atoms with Crippen molar-refractivity contribution in [3.8, 4) is 0 Å². The number of nitrogens with zero attached hydrogens (tertiary/aromatic N) is 1. The minimum atomic E-state index is -4.02. The van der Waals surface area contributed by atoms with Crippen molar-refractivity contribution in [1.29, 1.82) is 0 Å². The van der Waals surface area contributed by atoms with Crippen molar-refractivity contribution < 1.29 is 17.5 Å². The SMILES string of the molecule is CCCC[N+](CC)(CC)CC.Cc1ccc(S(=O)(=O)O)cc1. The van der Waals surface area contributed by atoms with Crippen LogP contribution >= 0.6 is 0 Å². The van der Waals surface area contributed by atoms with Crippen LogP contribution in [0.2, 0.25) is 0 Å². The zero-order valence-electron chi connectivity index (χ0n) is 14.7. The van der Waals surface area contributed by atoms with Gasteiger partial charge in [-0.3, -0.25) is 4.55 Å². The summed E-state index contributed by atoms with van der Waals surface area (Å²) in [6, 6.07) is 5.99. The van der Waals surface area contributed by atoms with Gasteiger partial charge in [-0.15, -0.1) is 0 Å². The highest BCUT2D eigenvalue weighted by atomic mass is 32.2. The van der Waals surface area contributed by atoms with Gasteiger partial charge in [0.25, 0.3) is 10.1 Å². The first-order valence-corrected chi connectivity index (χ1v) is 9.57. The molecule has 0 heterocycles. The fraction of sp³-hybridized carbons (Fsp3) is 0.647. The zero-order valence-corrected chi connectivity index (χ0v) is 15.5. The summed E-state index contributed by atoms with van der Waals surface area (Å²) in [5.74, 6) is 0. The van der Waals surface area contributed by atoms with E-state index in [1.165, 1.54) is 55.6 Å². The van der Waals surface area contributed by atoms with E-state index >= 15 is 0 Å². The van der Waals surface area contributed by atoms with Gasteiger partial charge in [-0.2, -0.15) is 8.42 Å². The average Bonchev–Trinajstić information content (AvgIpc) is 2.49. The predicted molar refractivity (Wildman–Crippen MR) is 92.7 cm³/mol. The Morgan fingerprint density at radius 2 is 1.41 bits per heavy atom. The fourth-order valence-electron chi connectivity index (χ4n) is 2.35. The lowest BCUT2D eigenvalue weighted by Crippen LogP contribution is -2.48. The third kappa shape index (κ3) is 7.38. The van der Waals surface area contributed by atoms with Gasteiger partial charge in [0.1, 0.15) is 0 Å². The van der Waals surface area contributed by atoms with Crippen LogP contribution < -0.4 is 0 Å². The Hall–Kier alpha value is -0.910. The smallest absolute Gasteiger partial charge is 0.294 e.